The van der Waals surface area contributed by atoms with Gasteiger partial charge in [-0.3, -0.25) is 4.79 Å². The number of methoxy groups -OCH3 is 1. The Balaban J connectivity index is 1.85. The fraction of sp³-hybridized carbons (Fsp3) is 0.533. The molecule has 1 fully saturated rings. The van der Waals surface area contributed by atoms with Crippen LogP contribution in [0.4, 0.5) is 0 Å². The lowest BCUT2D eigenvalue weighted by molar-refractivity contribution is 0.0318. The molecule has 1 aliphatic heterocycles. The number of carbonyl (C=O) groups excluding carboxylic acids is 1. The second-order valence-electron chi connectivity index (χ2n) is 5.04. The van der Waals surface area contributed by atoms with E-state index in [0.29, 0.717) is 29.5 Å². The quantitative estimate of drug-likeness (QED) is 0.875. The zero-order chi connectivity index (χ0) is 15.2. The van der Waals surface area contributed by atoms with Gasteiger partial charge in [0, 0.05) is 18.2 Å². The zero-order valence-corrected chi connectivity index (χ0v) is 13.0. The molecular formula is C15H20ClNO4. The van der Waals surface area contributed by atoms with Crippen molar-refractivity contribution < 1.29 is 19.0 Å². The molecule has 1 saturated heterocycles. The van der Waals surface area contributed by atoms with E-state index in [2.05, 4.69) is 5.32 Å². The van der Waals surface area contributed by atoms with E-state index >= 15 is 0 Å². The van der Waals surface area contributed by atoms with Crippen molar-refractivity contribution in [3.63, 3.8) is 0 Å². The van der Waals surface area contributed by atoms with Gasteiger partial charge in [-0.25, -0.2) is 0 Å². The number of ether oxygens (including phenoxy) is 3. The van der Waals surface area contributed by atoms with Gasteiger partial charge in [-0.05, 0) is 31.5 Å². The van der Waals surface area contributed by atoms with Gasteiger partial charge < -0.3 is 19.5 Å². The highest BCUT2D eigenvalue weighted by Crippen LogP contribution is 2.24. The first-order valence-corrected chi connectivity index (χ1v) is 7.31. The molecule has 0 unspecified atom stereocenters. The summed E-state index contributed by atoms with van der Waals surface area (Å²) in [6.07, 6.45) is 1.05. The number of carbonyl (C=O) groups is 1. The standard InChI is InChI=1S/C15H20ClNO4/c1-10(8-21-12-5-6-20-9-12)17-15(18)11-3-4-13(16)14(7-11)19-2/h3-4,7,10,12H,5-6,8-9H2,1-2H3,(H,17,18)/t10-,12+/m0/s1. The Kier molecular flexibility index (Phi) is 5.85. The third-order valence-corrected chi connectivity index (χ3v) is 3.57. The Bertz CT molecular complexity index is 489. The van der Waals surface area contributed by atoms with Crippen LogP contribution in [0, 0.1) is 0 Å². The largest absolute Gasteiger partial charge is 0.495 e. The van der Waals surface area contributed by atoms with E-state index in [1.807, 2.05) is 6.92 Å². The first-order valence-electron chi connectivity index (χ1n) is 6.94. The molecule has 2 atom stereocenters. The number of hydrogen-bond donors (Lipinski definition) is 1. The summed E-state index contributed by atoms with van der Waals surface area (Å²) < 4.78 is 16.0. The topological polar surface area (TPSA) is 56.8 Å². The van der Waals surface area contributed by atoms with Crippen molar-refractivity contribution in [2.75, 3.05) is 26.9 Å². The number of benzene rings is 1. The number of amides is 1. The van der Waals surface area contributed by atoms with E-state index in [-0.39, 0.29) is 18.1 Å². The summed E-state index contributed by atoms with van der Waals surface area (Å²) in [6.45, 7) is 3.75. The number of nitrogens with one attached hydrogen (secondary N) is 1. The molecule has 2 rings (SSSR count). The van der Waals surface area contributed by atoms with Crippen LogP contribution in [-0.4, -0.2) is 45.0 Å². The van der Waals surface area contributed by atoms with Crippen LogP contribution in [0.3, 0.4) is 0 Å². The lowest BCUT2D eigenvalue weighted by Gasteiger charge is -2.17. The first-order chi connectivity index (χ1) is 10.1. The van der Waals surface area contributed by atoms with Crippen molar-refractivity contribution in [1.82, 2.24) is 5.32 Å². The zero-order valence-electron chi connectivity index (χ0n) is 12.2. The second-order valence-corrected chi connectivity index (χ2v) is 5.45. The Morgan fingerprint density at radius 3 is 3.05 bits per heavy atom. The average molecular weight is 314 g/mol. The summed E-state index contributed by atoms with van der Waals surface area (Å²) in [5.74, 6) is 0.306. The molecule has 1 aliphatic rings. The summed E-state index contributed by atoms with van der Waals surface area (Å²) >= 11 is 5.94. The van der Waals surface area contributed by atoms with Crippen molar-refractivity contribution in [3.8, 4) is 5.75 Å². The molecule has 1 N–H and O–H groups in total. The van der Waals surface area contributed by atoms with Gasteiger partial charge in [0.15, 0.2) is 0 Å². The van der Waals surface area contributed by atoms with Gasteiger partial charge in [-0.2, -0.15) is 0 Å². The molecule has 0 aromatic heterocycles. The Morgan fingerprint density at radius 2 is 2.38 bits per heavy atom. The minimum atomic E-state index is -0.177. The number of hydrogen-bond acceptors (Lipinski definition) is 4. The maximum absolute atomic E-state index is 12.1. The molecule has 0 bridgehead atoms. The van der Waals surface area contributed by atoms with E-state index in [1.54, 1.807) is 18.2 Å². The van der Waals surface area contributed by atoms with E-state index in [1.165, 1.54) is 7.11 Å². The molecule has 5 nitrogen and oxygen atoms in total. The molecule has 0 aliphatic carbocycles. The molecule has 1 aromatic rings. The Hall–Kier alpha value is -1.30. The molecule has 0 radical (unpaired) electrons. The number of halogens is 1. The maximum Gasteiger partial charge on any atom is 0.251 e. The molecule has 0 spiro atoms. The van der Waals surface area contributed by atoms with Gasteiger partial charge in [0.05, 0.1) is 31.5 Å². The van der Waals surface area contributed by atoms with E-state index < -0.39 is 0 Å². The average Bonchev–Trinajstić information content (AvgIpc) is 2.99. The monoisotopic (exact) mass is 313 g/mol. The fourth-order valence-corrected chi connectivity index (χ4v) is 2.27. The molecular weight excluding hydrogens is 294 g/mol. The van der Waals surface area contributed by atoms with Crippen molar-refractivity contribution in [2.24, 2.45) is 0 Å². The second kappa shape index (κ2) is 7.64. The molecule has 1 aromatic carbocycles. The summed E-state index contributed by atoms with van der Waals surface area (Å²) in [5, 5.41) is 3.37. The molecule has 21 heavy (non-hydrogen) atoms. The Morgan fingerprint density at radius 1 is 1.57 bits per heavy atom. The van der Waals surface area contributed by atoms with Crippen molar-refractivity contribution >= 4 is 17.5 Å². The smallest absolute Gasteiger partial charge is 0.251 e. The first kappa shape index (κ1) is 16.1. The van der Waals surface area contributed by atoms with E-state index in [9.17, 15) is 4.79 Å². The minimum absolute atomic E-state index is 0.0835. The molecule has 1 heterocycles. The fourth-order valence-electron chi connectivity index (χ4n) is 2.07. The van der Waals surface area contributed by atoms with Crippen LogP contribution in [0.5, 0.6) is 5.75 Å². The van der Waals surface area contributed by atoms with Crippen LogP contribution < -0.4 is 10.1 Å². The lowest BCUT2D eigenvalue weighted by Crippen LogP contribution is -2.37. The summed E-state index contributed by atoms with van der Waals surface area (Å²) in [6, 6.07) is 4.85. The van der Waals surface area contributed by atoms with Gasteiger partial charge in [0.2, 0.25) is 0 Å². The van der Waals surface area contributed by atoms with Gasteiger partial charge in [0.25, 0.3) is 5.91 Å². The highest BCUT2D eigenvalue weighted by atomic mass is 35.5. The minimum Gasteiger partial charge on any atom is -0.495 e. The molecule has 0 saturated carbocycles. The lowest BCUT2D eigenvalue weighted by atomic mass is 10.2. The summed E-state index contributed by atoms with van der Waals surface area (Å²) in [4.78, 5) is 12.1. The van der Waals surface area contributed by atoms with Gasteiger partial charge in [-0.15, -0.1) is 0 Å². The van der Waals surface area contributed by atoms with Crippen molar-refractivity contribution in [2.45, 2.75) is 25.5 Å². The van der Waals surface area contributed by atoms with Crippen molar-refractivity contribution in [1.29, 1.82) is 0 Å². The highest BCUT2D eigenvalue weighted by Gasteiger charge is 2.18. The van der Waals surface area contributed by atoms with Crippen LogP contribution in [0.15, 0.2) is 18.2 Å². The van der Waals surface area contributed by atoms with Crippen LogP contribution >= 0.6 is 11.6 Å². The van der Waals surface area contributed by atoms with Crippen LogP contribution in [0.2, 0.25) is 5.02 Å². The highest BCUT2D eigenvalue weighted by molar-refractivity contribution is 6.32. The third-order valence-electron chi connectivity index (χ3n) is 3.26. The Labute approximate surface area is 129 Å². The predicted octanol–water partition coefficient (Wildman–Crippen LogP) is 2.27. The normalized spacial score (nSPS) is 19.3. The van der Waals surface area contributed by atoms with Gasteiger partial charge >= 0.3 is 0 Å². The summed E-state index contributed by atoms with van der Waals surface area (Å²) in [5.41, 5.74) is 0.507. The molecule has 6 heteroatoms. The van der Waals surface area contributed by atoms with E-state index in [0.717, 1.165) is 13.0 Å². The van der Waals surface area contributed by atoms with Crippen LogP contribution in [-0.2, 0) is 9.47 Å². The summed E-state index contributed by atoms with van der Waals surface area (Å²) in [7, 11) is 1.52. The molecule has 116 valence electrons. The van der Waals surface area contributed by atoms with Crippen molar-refractivity contribution in [3.05, 3.63) is 28.8 Å². The van der Waals surface area contributed by atoms with Gasteiger partial charge in [0.1, 0.15) is 5.75 Å². The van der Waals surface area contributed by atoms with Gasteiger partial charge in [-0.1, -0.05) is 11.6 Å². The maximum atomic E-state index is 12.1. The SMILES string of the molecule is COc1cc(C(=O)N[C@@H](C)CO[C@@H]2CCOC2)ccc1Cl. The predicted molar refractivity (Wildman–Crippen MR) is 80.1 cm³/mol. The van der Waals surface area contributed by atoms with E-state index in [4.69, 9.17) is 25.8 Å². The van der Waals surface area contributed by atoms with Crippen LogP contribution in [0.25, 0.3) is 0 Å². The van der Waals surface area contributed by atoms with Crippen LogP contribution in [0.1, 0.15) is 23.7 Å². The molecule has 1 amide bonds. The number of rotatable bonds is 6. The third kappa shape index (κ3) is 4.59.